The third-order valence-electron chi connectivity index (χ3n) is 4.64. The lowest BCUT2D eigenvalue weighted by atomic mass is 9.94. The van der Waals surface area contributed by atoms with E-state index in [2.05, 4.69) is 19.9 Å². The molecular formula is C21H30N2O3. The standard InChI is InChI=1S/C21H30N2O3/c1-13-9-10-16-18(14(13)2)22-15(3)17(19(16)26-12-25-8)11-23(7)20(24)21(4,5)6/h9-10H,11-12H2,1-8H3. The summed E-state index contributed by atoms with van der Waals surface area (Å²) in [6, 6.07) is 4.10. The van der Waals surface area contributed by atoms with Crippen LogP contribution in [0.2, 0.25) is 0 Å². The lowest BCUT2D eigenvalue weighted by Crippen LogP contribution is -2.36. The van der Waals surface area contributed by atoms with Crippen molar-refractivity contribution in [2.75, 3.05) is 21.0 Å². The topological polar surface area (TPSA) is 51.7 Å². The maximum Gasteiger partial charge on any atom is 0.227 e. The van der Waals surface area contributed by atoms with Gasteiger partial charge in [-0.05, 0) is 38.0 Å². The first kappa shape index (κ1) is 20.2. The fraction of sp³-hybridized carbons (Fsp3) is 0.524. The molecule has 0 radical (unpaired) electrons. The van der Waals surface area contributed by atoms with Gasteiger partial charge in [0.25, 0.3) is 0 Å². The van der Waals surface area contributed by atoms with Gasteiger partial charge in [0, 0.05) is 36.2 Å². The molecule has 142 valence electrons. The average molecular weight is 358 g/mol. The van der Waals surface area contributed by atoms with Gasteiger partial charge in [-0.15, -0.1) is 0 Å². The molecule has 1 aromatic carbocycles. The molecule has 0 aliphatic carbocycles. The molecule has 0 saturated heterocycles. The van der Waals surface area contributed by atoms with Gasteiger partial charge in [-0.1, -0.05) is 26.8 Å². The van der Waals surface area contributed by atoms with Crippen molar-refractivity contribution in [2.45, 2.75) is 48.1 Å². The second kappa shape index (κ2) is 7.62. The number of hydrogen-bond donors (Lipinski definition) is 0. The number of fused-ring (bicyclic) bond motifs is 1. The van der Waals surface area contributed by atoms with E-state index < -0.39 is 5.41 Å². The van der Waals surface area contributed by atoms with Crippen LogP contribution in [0.5, 0.6) is 5.75 Å². The lowest BCUT2D eigenvalue weighted by Gasteiger charge is -2.27. The molecule has 5 nitrogen and oxygen atoms in total. The Kier molecular flexibility index (Phi) is 5.91. The maximum atomic E-state index is 12.6. The molecule has 2 aromatic rings. The fourth-order valence-corrected chi connectivity index (χ4v) is 3.04. The number of methoxy groups -OCH3 is 1. The van der Waals surface area contributed by atoms with Crippen LogP contribution in [0.3, 0.4) is 0 Å². The predicted octanol–water partition coefficient (Wildman–Crippen LogP) is 4.15. The smallest absolute Gasteiger partial charge is 0.227 e. The molecule has 1 heterocycles. The number of ether oxygens (including phenoxy) is 2. The molecule has 2 rings (SSSR count). The molecule has 1 amide bonds. The molecule has 0 aliphatic rings. The number of nitrogens with zero attached hydrogens (tertiary/aromatic N) is 2. The summed E-state index contributed by atoms with van der Waals surface area (Å²) in [7, 11) is 3.41. The van der Waals surface area contributed by atoms with Crippen molar-refractivity contribution in [2.24, 2.45) is 5.41 Å². The Morgan fingerprint density at radius 1 is 1.19 bits per heavy atom. The summed E-state index contributed by atoms with van der Waals surface area (Å²) >= 11 is 0. The van der Waals surface area contributed by atoms with Crippen LogP contribution in [-0.4, -0.2) is 36.7 Å². The number of aromatic nitrogens is 1. The summed E-state index contributed by atoms with van der Waals surface area (Å²) in [5.41, 5.74) is 4.60. The second-order valence-electron chi connectivity index (χ2n) is 7.87. The number of carbonyl (C=O) groups is 1. The molecule has 0 unspecified atom stereocenters. The van der Waals surface area contributed by atoms with Crippen LogP contribution in [0.25, 0.3) is 10.9 Å². The summed E-state index contributed by atoms with van der Waals surface area (Å²) in [4.78, 5) is 19.2. The van der Waals surface area contributed by atoms with E-state index in [1.807, 2.05) is 40.8 Å². The van der Waals surface area contributed by atoms with Gasteiger partial charge in [-0.3, -0.25) is 9.78 Å². The van der Waals surface area contributed by atoms with Gasteiger partial charge in [-0.2, -0.15) is 0 Å². The Labute approximate surface area is 156 Å². The molecule has 5 heteroatoms. The molecule has 0 spiro atoms. The molecule has 0 aliphatic heterocycles. The lowest BCUT2D eigenvalue weighted by molar-refractivity contribution is -0.138. The largest absolute Gasteiger partial charge is 0.466 e. The molecule has 0 saturated carbocycles. The molecule has 0 N–H and O–H groups in total. The zero-order valence-corrected chi connectivity index (χ0v) is 17.2. The molecular weight excluding hydrogens is 328 g/mol. The van der Waals surface area contributed by atoms with Crippen molar-refractivity contribution in [3.05, 3.63) is 34.5 Å². The van der Waals surface area contributed by atoms with Gasteiger partial charge in [0.15, 0.2) is 6.79 Å². The second-order valence-corrected chi connectivity index (χ2v) is 7.87. The van der Waals surface area contributed by atoms with Crippen LogP contribution in [-0.2, 0) is 16.1 Å². The van der Waals surface area contributed by atoms with E-state index in [0.717, 1.165) is 33.5 Å². The average Bonchev–Trinajstić information content (AvgIpc) is 2.57. The molecule has 0 atom stereocenters. The predicted molar refractivity (Wildman–Crippen MR) is 104 cm³/mol. The zero-order valence-electron chi connectivity index (χ0n) is 17.2. The zero-order chi connectivity index (χ0) is 19.6. The summed E-state index contributed by atoms with van der Waals surface area (Å²) in [6.07, 6.45) is 0. The van der Waals surface area contributed by atoms with E-state index in [-0.39, 0.29) is 12.7 Å². The van der Waals surface area contributed by atoms with E-state index in [4.69, 9.17) is 14.5 Å². The van der Waals surface area contributed by atoms with Crippen LogP contribution in [0, 0.1) is 26.2 Å². The quantitative estimate of drug-likeness (QED) is 0.754. The van der Waals surface area contributed by atoms with Crippen LogP contribution in [0.4, 0.5) is 0 Å². The highest BCUT2D eigenvalue weighted by Gasteiger charge is 2.27. The summed E-state index contributed by atoms with van der Waals surface area (Å²) < 4.78 is 11.1. The third-order valence-corrected chi connectivity index (χ3v) is 4.64. The van der Waals surface area contributed by atoms with Crippen molar-refractivity contribution in [1.82, 2.24) is 9.88 Å². The highest BCUT2D eigenvalue weighted by atomic mass is 16.7. The van der Waals surface area contributed by atoms with Crippen molar-refractivity contribution in [3.63, 3.8) is 0 Å². The minimum Gasteiger partial charge on any atom is -0.466 e. The molecule has 0 bridgehead atoms. The first-order valence-corrected chi connectivity index (χ1v) is 8.84. The van der Waals surface area contributed by atoms with Crippen molar-refractivity contribution in [1.29, 1.82) is 0 Å². The van der Waals surface area contributed by atoms with Gasteiger partial charge in [0.1, 0.15) is 5.75 Å². The van der Waals surface area contributed by atoms with Gasteiger partial charge in [0.05, 0.1) is 12.1 Å². The van der Waals surface area contributed by atoms with Gasteiger partial charge >= 0.3 is 0 Å². The molecule has 26 heavy (non-hydrogen) atoms. The van der Waals surface area contributed by atoms with Crippen LogP contribution in [0.15, 0.2) is 12.1 Å². The minimum absolute atomic E-state index is 0.0785. The Bertz CT molecular complexity index is 822. The number of benzene rings is 1. The Hall–Kier alpha value is -2.14. The molecule has 1 aromatic heterocycles. The highest BCUT2D eigenvalue weighted by Crippen LogP contribution is 2.34. The highest BCUT2D eigenvalue weighted by molar-refractivity contribution is 5.90. The van der Waals surface area contributed by atoms with Crippen molar-refractivity contribution >= 4 is 16.8 Å². The number of amides is 1. The SMILES string of the molecule is COCOc1c(CN(C)C(=O)C(C)(C)C)c(C)nc2c(C)c(C)ccc12. The summed E-state index contributed by atoms with van der Waals surface area (Å²) in [5, 5.41) is 0.947. The maximum absolute atomic E-state index is 12.6. The third kappa shape index (κ3) is 3.98. The Morgan fingerprint density at radius 2 is 1.85 bits per heavy atom. The fourth-order valence-electron chi connectivity index (χ4n) is 3.04. The van der Waals surface area contributed by atoms with Gasteiger partial charge < -0.3 is 14.4 Å². The first-order valence-electron chi connectivity index (χ1n) is 8.84. The number of carbonyl (C=O) groups excluding carboxylic acids is 1. The number of pyridine rings is 1. The molecule has 0 fully saturated rings. The normalized spacial score (nSPS) is 11.7. The summed E-state index contributed by atoms with van der Waals surface area (Å²) in [6.45, 7) is 12.5. The van der Waals surface area contributed by atoms with E-state index >= 15 is 0 Å². The van der Waals surface area contributed by atoms with Gasteiger partial charge in [0.2, 0.25) is 5.91 Å². The van der Waals surface area contributed by atoms with E-state index in [9.17, 15) is 4.79 Å². The van der Waals surface area contributed by atoms with E-state index in [1.165, 1.54) is 5.56 Å². The number of aryl methyl sites for hydroxylation is 3. The van der Waals surface area contributed by atoms with Gasteiger partial charge in [-0.25, -0.2) is 0 Å². The van der Waals surface area contributed by atoms with E-state index in [1.54, 1.807) is 12.0 Å². The summed E-state index contributed by atoms with van der Waals surface area (Å²) in [5.74, 6) is 0.820. The Balaban J connectivity index is 2.59. The minimum atomic E-state index is -0.436. The van der Waals surface area contributed by atoms with Crippen LogP contribution in [0.1, 0.15) is 43.2 Å². The van der Waals surface area contributed by atoms with E-state index in [0.29, 0.717) is 6.54 Å². The monoisotopic (exact) mass is 358 g/mol. The first-order chi connectivity index (χ1) is 12.1. The number of hydrogen-bond acceptors (Lipinski definition) is 4. The van der Waals surface area contributed by atoms with Crippen molar-refractivity contribution in [3.8, 4) is 5.75 Å². The Morgan fingerprint density at radius 3 is 2.42 bits per heavy atom. The van der Waals surface area contributed by atoms with Crippen LogP contribution < -0.4 is 4.74 Å². The van der Waals surface area contributed by atoms with Crippen molar-refractivity contribution < 1.29 is 14.3 Å². The van der Waals surface area contributed by atoms with Crippen LogP contribution >= 0.6 is 0 Å². The number of rotatable bonds is 5.